The van der Waals surface area contributed by atoms with Crippen LogP contribution in [0.3, 0.4) is 0 Å². The van der Waals surface area contributed by atoms with Gasteiger partial charge in [0.15, 0.2) is 5.13 Å². The lowest BCUT2D eigenvalue weighted by molar-refractivity contribution is 0.262. The van der Waals surface area contributed by atoms with E-state index < -0.39 is 0 Å². The Labute approximate surface area is 136 Å². The molecule has 4 nitrogen and oxygen atoms in total. The molecule has 0 unspecified atom stereocenters. The summed E-state index contributed by atoms with van der Waals surface area (Å²) in [5.74, 6) is 0. The number of benzene rings is 2. The van der Waals surface area contributed by atoms with Gasteiger partial charge in [-0.15, -0.1) is 0 Å². The van der Waals surface area contributed by atoms with Crippen molar-refractivity contribution in [1.29, 1.82) is 0 Å². The highest BCUT2D eigenvalue weighted by Gasteiger charge is 2.09. The molecule has 2 aromatic carbocycles. The average molecular weight is 315 g/mol. The smallest absolute Gasteiger partial charge is 0.308 e. The lowest BCUT2D eigenvalue weighted by Gasteiger charge is -2.05. The van der Waals surface area contributed by atoms with E-state index >= 15 is 0 Å². The highest BCUT2D eigenvalue weighted by atomic mass is 32.1. The minimum absolute atomic E-state index is 0. The molecule has 0 aliphatic carbocycles. The molecule has 1 heterocycles. The number of amides is 2. The first-order valence-corrected chi connectivity index (χ1v) is 8.00. The molecule has 0 spiro atoms. The summed E-state index contributed by atoms with van der Waals surface area (Å²) in [5.41, 5.74) is 4.09. The Hall–Kier alpha value is -2.40. The van der Waals surface area contributed by atoms with Gasteiger partial charge in [0.05, 0.1) is 10.2 Å². The fourth-order valence-electron chi connectivity index (χ4n) is 2.24. The quantitative estimate of drug-likeness (QED) is 0.688. The molecule has 2 N–H and O–H groups in total. The number of urea groups is 1. The van der Waals surface area contributed by atoms with Gasteiger partial charge in [-0.2, -0.15) is 0 Å². The van der Waals surface area contributed by atoms with Gasteiger partial charge < -0.3 is 5.32 Å². The monoisotopic (exact) mass is 315 g/mol. The fourth-order valence-corrected chi connectivity index (χ4v) is 3.15. The van der Waals surface area contributed by atoms with Gasteiger partial charge in [-0.05, 0) is 37.1 Å². The van der Waals surface area contributed by atoms with Crippen LogP contribution in [0.15, 0.2) is 42.5 Å². The third kappa shape index (κ3) is 3.09. The van der Waals surface area contributed by atoms with Gasteiger partial charge in [0.2, 0.25) is 0 Å². The number of carbonyl (C=O) groups excluding carboxylic acids is 1. The molecule has 1 aromatic heterocycles. The summed E-state index contributed by atoms with van der Waals surface area (Å²) in [7, 11) is 0. The Morgan fingerprint density at radius 3 is 2.68 bits per heavy atom. The van der Waals surface area contributed by atoms with Crippen LogP contribution < -0.4 is 10.6 Å². The Morgan fingerprint density at radius 1 is 1.18 bits per heavy atom. The minimum Gasteiger partial charge on any atom is -0.308 e. The summed E-state index contributed by atoms with van der Waals surface area (Å²) >= 11 is 1.49. The van der Waals surface area contributed by atoms with E-state index in [9.17, 15) is 4.79 Å². The number of rotatable bonds is 3. The van der Waals surface area contributed by atoms with Crippen molar-refractivity contribution in [1.82, 2.24) is 4.98 Å². The zero-order chi connectivity index (χ0) is 15.5. The summed E-state index contributed by atoms with van der Waals surface area (Å²) < 4.78 is 1.09. The number of aromatic nitrogens is 1. The number of nitrogens with zero attached hydrogens (tertiary/aromatic N) is 1. The van der Waals surface area contributed by atoms with Gasteiger partial charge in [-0.3, -0.25) is 5.32 Å². The molecule has 0 bridgehead atoms. The third-order valence-electron chi connectivity index (χ3n) is 3.41. The van der Waals surface area contributed by atoms with Gasteiger partial charge in [0, 0.05) is 8.54 Å². The van der Waals surface area contributed by atoms with Crippen LogP contribution in [0.4, 0.5) is 15.6 Å². The van der Waals surface area contributed by atoms with Crippen LogP contribution in [0.5, 0.6) is 0 Å². The van der Waals surface area contributed by atoms with E-state index in [4.69, 9.17) is 0 Å². The van der Waals surface area contributed by atoms with Crippen molar-refractivity contribution >= 4 is 38.4 Å². The zero-order valence-corrected chi connectivity index (χ0v) is 13.3. The second kappa shape index (κ2) is 6.15. The van der Waals surface area contributed by atoms with Gasteiger partial charge >= 0.3 is 6.03 Å². The third-order valence-corrected chi connectivity index (χ3v) is 4.35. The molecule has 5 heteroatoms. The Morgan fingerprint density at radius 2 is 1.95 bits per heavy atom. The van der Waals surface area contributed by atoms with E-state index in [1.54, 1.807) is 0 Å². The molecule has 22 heavy (non-hydrogen) atoms. The maximum absolute atomic E-state index is 12.0. The number of carbonyl (C=O) groups is 1. The molecular weight excluding hydrogens is 294 g/mol. The molecule has 0 saturated carbocycles. The Kier molecular flexibility index (Phi) is 4.06. The number of aryl methyl sites for hydroxylation is 2. The maximum Gasteiger partial charge on any atom is 0.325 e. The number of anilines is 2. The van der Waals surface area contributed by atoms with E-state index in [0.29, 0.717) is 5.13 Å². The van der Waals surface area contributed by atoms with E-state index in [2.05, 4.69) is 28.6 Å². The zero-order valence-electron chi connectivity index (χ0n) is 12.5. The predicted octanol–water partition coefficient (Wildman–Crippen LogP) is 5.30. The molecular formula is C17H21N3OS. The maximum atomic E-state index is 12.0. The fraction of sp³-hybridized carbons (Fsp3) is 0.176. The number of nitrogens with one attached hydrogen (secondary N) is 2. The van der Waals surface area contributed by atoms with Crippen molar-refractivity contribution < 1.29 is 7.65 Å². The first kappa shape index (κ1) is 14.5. The van der Waals surface area contributed by atoms with Crippen molar-refractivity contribution in [2.75, 3.05) is 10.6 Å². The number of hydrogen-bond donors (Lipinski definition) is 2. The van der Waals surface area contributed by atoms with Crippen molar-refractivity contribution in [2.45, 2.75) is 20.3 Å². The Balaban J connectivity index is 0.00000144. The summed E-state index contributed by atoms with van der Waals surface area (Å²) in [5, 5.41) is 6.22. The topological polar surface area (TPSA) is 54.0 Å². The van der Waals surface area contributed by atoms with Crippen molar-refractivity contribution in [2.24, 2.45) is 0 Å². The van der Waals surface area contributed by atoms with E-state index in [1.165, 1.54) is 16.9 Å². The molecule has 2 amide bonds. The SMILES string of the molecule is CCc1cccc2sc(NC(=O)Nc3ccc(C)cc3)nc12.[HH].[HH]. The van der Waals surface area contributed by atoms with E-state index in [-0.39, 0.29) is 8.88 Å². The van der Waals surface area contributed by atoms with Gasteiger partial charge in [0.1, 0.15) is 0 Å². The second-order valence-electron chi connectivity index (χ2n) is 5.08. The van der Waals surface area contributed by atoms with Gasteiger partial charge in [-0.1, -0.05) is 48.1 Å². The molecule has 3 aromatic rings. The molecule has 0 saturated heterocycles. The largest absolute Gasteiger partial charge is 0.325 e. The molecule has 0 radical (unpaired) electrons. The summed E-state index contributed by atoms with van der Waals surface area (Å²) in [6, 6.07) is 13.5. The summed E-state index contributed by atoms with van der Waals surface area (Å²) in [4.78, 5) is 16.6. The second-order valence-corrected chi connectivity index (χ2v) is 6.11. The van der Waals surface area contributed by atoms with E-state index in [1.807, 2.05) is 43.3 Å². The normalized spacial score (nSPS) is 10.6. The lowest BCUT2D eigenvalue weighted by Crippen LogP contribution is -2.19. The standard InChI is InChI=1S/C17H17N3OS.2H2/c1-3-12-5-4-6-14-15(12)19-17(22-14)20-16(21)18-13-9-7-11(2)8-10-13;;/h4-10H,3H2,1-2H3,(H2,18,19,20,21);2*1H. The molecule has 0 aliphatic rings. The van der Waals surface area contributed by atoms with Crippen LogP contribution >= 0.6 is 11.3 Å². The number of thiazole rings is 1. The van der Waals surface area contributed by atoms with Crippen LogP contribution in [0.1, 0.15) is 20.9 Å². The highest BCUT2D eigenvalue weighted by Crippen LogP contribution is 2.28. The first-order chi connectivity index (χ1) is 10.7. The number of para-hydroxylation sites is 1. The van der Waals surface area contributed by atoms with Crippen LogP contribution in [-0.2, 0) is 6.42 Å². The average Bonchev–Trinajstić information content (AvgIpc) is 2.91. The number of fused-ring (bicyclic) bond motifs is 1. The summed E-state index contributed by atoms with van der Waals surface area (Å²) in [6.07, 6.45) is 0.927. The van der Waals surface area contributed by atoms with Crippen LogP contribution in [0.25, 0.3) is 10.2 Å². The summed E-state index contributed by atoms with van der Waals surface area (Å²) in [6.45, 7) is 4.11. The molecule has 0 atom stereocenters. The van der Waals surface area contributed by atoms with Crippen molar-refractivity contribution in [3.8, 4) is 0 Å². The molecule has 0 aliphatic heterocycles. The number of hydrogen-bond acceptors (Lipinski definition) is 3. The first-order valence-electron chi connectivity index (χ1n) is 7.19. The lowest BCUT2D eigenvalue weighted by atomic mass is 10.1. The van der Waals surface area contributed by atoms with Crippen molar-refractivity contribution in [3.05, 3.63) is 53.6 Å². The predicted molar refractivity (Wildman–Crippen MR) is 97.0 cm³/mol. The molecule has 3 rings (SSSR count). The van der Waals surface area contributed by atoms with Gasteiger partial charge in [-0.25, -0.2) is 9.78 Å². The van der Waals surface area contributed by atoms with Crippen LogP contribution in [0, 0.1) is 6.92 Å². The van der Waals surface area contributed by atoms with Crippen LogP contribution in [-0.4, -0.2) is 11.0 Å². The Bertz CT molecular complexity index is 818. The van der Waals surface area contributed by atoms with E-state index in [0.717, 1.165) is 27.9 Å². The van der Waals surface area contributed by atoms with Gasteiger partial charge in [0.25, 0.3) is 0 Å². The highest BCUT2D eigenvalue weighted by molar-refractivity contribution is 7.22. The molecule has 116 valence electrons. The van der Waals surface area contributed by atoms with Crippen LogP contribution in [0.2, 0.25) is 0 Å². The van der Waals surface area contributed by atoms with Crippen molar-refractivity contribution in [3.63, 3.8) is 0 Å². The molecule has 0 fully saturated rings. The minimum atomic E-state index is -0.277.